The van der Waals surface area contributed by atoms with Crippen LogP contribution < -0.4 is 11.2 Å². The molecule has 0 spiro atoms. The van der Waals surface area contributed by atoms with Crippen molar-refractivity contribution in [2.75, 3.05) is 0 Å². The summed E-state index contributed by atoms with van der Waals surface area (Å²) in [4.78, 5) is 34.5. The summed E-state index contributed by atoms with van der Waals surface area (Å²) >= 11 is 0. The van der Waals surface area contributed by atoms with Crippen molar-refractivity contribution in [1.82, 2.24) is 29.3 Å². The van der Waals surface area contributed by atoms with Crippen LogP contribution >= 0.6 is 0 Å². The van der Waals surface area contributed by atoms with E-state index in [0.29, 0.717) is 22.2 Å². The van der Waals surface area contributed by atoms with Gasteiger partial charge in [-0.15, -0.1) is 10.2 Å². The van der Waals surface area contributed by atoms with Gasteiger partial charge >= 0.3 is 12.1 Å². The first kappa shape index (κ1) is 21.3. The fraction of sp³-hybridized carbons (Fsp3) is 0.130. The third kappa shape index (κ3) is 3.76. The van der Waals surface area contributed by atoms with Crippen LogP contribution in [0, 0.1) is 0 Å². The molecule has 0 unspecified atom stereocenters. The molecule has 4 aromatic heterocycles. The Morgan fingerprint density at radius 2 is 1.82 bits per heavy atom. The van der Waals surface area contributed by atoms with Gasteiger partial charge in [-0.25, -0.2) is 4.79 Å². The topological polar surface area (TPSA) is 109 Å². The van der Waals surface area contributed by atoms with E-state index in [1.54, 1.807) is 49.8 Å². The number of hydrogen-bond acceptors (Lipinski definition) is 7. The maximum Gasteiger partial charge on any atom is 0.331 e. The number of fused-ring (bicyclic) bond motifs is 1. The Hall–Kier alpha value is -4.54. The second-order valence-corrected chi connectivity index (χ2v) is 7.49. The van der Waals surface area contributed by atoms with Gasteiger partial charge in [0.1, 0.15) is 0 Å². The van der Waals surface area contributed by atoms with Crippen molar-refractivity contribution in [3.63, 3.8) is 0 Å². The van der Waals surface area contributed by atoms with Gasteiger partial charge in [0.15, 0.2) is 0 Å². The highest BCUT2D eigenvalue weighted by Gasteiger charge is 2.18. The molecule has 0 saturated heterocycles. The van der Waals surface area contributed by atoms with Gasteiger partial charge in [0.05, 0.1) is 28.7 Å². The van der Waals surface area contributed by atoms with Gasteiger partial charge in [-0.2, -0.15) is 8.78 Å². The van der Waals surface area contributed by atoms with Gasteiger partial charge in [-0.05, 0) is 35.9 Å². The van der Waals surface area contributed by atoms with E-state index in [-0.39, 0.29) is 12.4 Å². The van der Waals surface area contributed by atoms with Gasteiger partial charge in [-0.3, -0.25) is 23.9 Å². The first-order chi connectivity index (χ1) is 16.4. The van der Waals surface area contributed by atoms with Crippen LogP contribution in [0.15, 0.2) is 75.1 Å². The minimum Gasteiger partial charge on any atom is -0.415 e. The lowest BCUT2D eigenvalue weighted by Gasteiger charge is -2.12. The summed E-state index contributed by atoms with van der Waals surface area (Å²) in [5.74, 6) is -0.882. The molecule has 0 N–H and O–H groups in total. The van der Waals surface area contributed by atoms with Crippen molar-refractivity contribution in [2.45, 2.75) is 13.0 Å². The number of hydrogen-bond donors (Lipinski definition) is 0. The minimum atomic E-state index is -2.87. The molecule has 9 nitrogen and oxygen atoms in total. The quantitative estimate of drug-likeness (QED) is 0.395. The molecule has 5 rings (SSSR count). The highest BCUT2D eigenvalue weighted by molar-refractivity contribution is 5.84. The molecule has 0 aliphatic rings. The molecule has 0 bridgehead atoms. The molecule has 4 heterocycles. The number of aromatic nitrogens is 6. The first-order valence-electron chi connectivity index (χ1n) is 10.1. The number of benzene rings is 1. The molecule has 0 fully saturated rings. The molecule has 0 radical (unpaired) electrons. The Kier molecular flexibility index (Phi) is 5.28. The summed E-state index contributed by atoms with van der Waals surface area (Å²) < 4.78 is 32.7. The highest BCUT2D eigenvalue weighted by Crippen LogP contribution is 2.23. The van der Waals surface area contributed by atoms with E-state index in [1.807, 2.05) is 12.1 Å². The van der Waals surface area contributed by atoms with Crippen LogP contribution in [-0.2, 0) is 13.6 Å². The Bertz CT molecular complexity index is 1610. The molecule has 170 valence electrons. The maximum absolute atomic E-state index is 13.2. The smallest absolute Gasteiger partial charge is 0.331 e. The number of halogens is 2. The SMILES string of the molecule is Cn1c(=O)n(Cc2ccc(-c3nnc(C(F)F)o3)cn2)c(=O)c2cc(-c3cccnc3)ccc21. The number of alkyl halides is 2. The maximum atomic E-state index is 13.2. The predicted molar refractivity (Wildman–Crippen MR) is 118 cm³/mol. The monoisotopic (exact) mass is 462 g/mol. The molecule has 1 aromatic carbocycles. The molecule has 11 heteroatoms. The zero-order chi connectivity index (χ0) is 23.8. The van der Waals surface area contributed by atoms with Gasteiger partial charge in [0.25, 0.3) is 11.4 Å². The Morgan fingerprint density at radius 1 is 1.00 bits per heavy atom. The summed E-state index contributed by atoms with van der Waals surface area (Å²) in [5, 5.41) is 7.24. The molecular weight excluding hydrogens is 446 g/mol. The van der Waals surface area contributed by atoms with Crippen LogP contribution in [0.2, 0.25) is 0 Å². The average Bonchev–Trinajstić information content (AvgIpc) is 3.37. The Labute approximate surface area is 190 Å². The lowest BCUT2D eigenvalue weighted by molar-refractivity contribution is 0.116. The predicted octanol–water partition coefficient (Wildman–Crippen LogP) is 3.19. The first-order valence-corrected chi connectivity index (χ1v) is 10.1. The summed E-state index contributed by atoms with van der Waals surface area (Å²) in [7, 11) is 1.59. The van der Waals surface area contributed by atoms with Crippen LogP contribution in [0.3, 0.4) is 0 Å². The van der Waals surface area contributed by atoms with E-state index in [9.17, 15) is 18.4 Å². The number of rotatable bonds is 5. The van der Waals surface area contributed by atoms with E-state index in [4.69, 9.17) is 4.42 Å². The number of nitrogens with zero attached hydrogens (tertiary/aromatic N) is 6. The van der Waals surface area contributed by atoms with Crippen LogP contribution in [-0.4, -0.2) is 29.3 Å². The Balaban J connectivity index is 1.52. The van der Waals surface area contributed by atoms with Gasteiger partial charge in [0.2, 0.25) is 5.89 Å². The summed E-state index contributed by atoms with van der Waals surface area (Å²) in [5.41, 5.74) is 1.96. The Morgan fingerprint density at radius 3 is 2.50 bits per heavy atom. The summed E-state index contributed by atoms with van der Waals surface area (Å²) in [6.07, 6.45) is 1.84. The highest BCUT2D eigenvalue weighted by atomic mass is 19.3. The zero-order valence-corrected chi connectivity index (χ0v) is 17.7. The zero-order valence-electron chi connectivity index (χ0n) is 17.7. The summed E-state index contributed by atoms with van der Waals surface area (Å²) in [6, 6.07) is 12.1. The van der Waals surface area contributed by atoms with Crippen molar-refractivity contribution in [3.05, 3.63) is 93.5 Å². The van der Waals surface area contributed by atoms with Crippen molar-refractivity contribution in [1.29, 1.82) is 0 Å². The number of pyridine rings is 2. The second-order valence-electron chi connectivity index (χ2n) is 7.49. The van der Waals surface area contributed by atoms with Crippen molar-refractivity contribution < 1.29 is 13.2 Å². The molecule has 5 aromatic rings. The third-order valence-corrected chi connectivity index (χ3v) is 5.37. The van der Waals surface area contributed by atoms with Gasteiger partial charge in [-0.1, -0.05) is 12.1 Å². The van der Waals surface area contributed by atoms with E-state index in [2.05, 4.69) is 20.2 Å². The van der Waals surface area contributed by atoms with Gasteiger partial charge in [0, 0.05) is 31.2 Å². The summed E-state index contributed by atoms with van der Waals surface area (Å²) in [6.45, 7) is -0.0784. The normalized spacial score (nSPS) is 11.4. The van der Waals surface area contributed by atoms with E-state index in [0.717, 1.165) is 15.7 Å². The molecular formula is C23H16F2N6O3. The van der Waals surface area contributed by atoms with E-state index < -0.39 is 23.6 Å². The van der Waals surface area contributed by atoms with Crippen LogP contribution in [0.4, 0.5) is 8.78 Å². The standard InChI is InChI=1S/C23H16F2N6O3/c1-30-18-7-5-13(14-3-2-8-26-10-14)9-17(18)22(32)31(23(30)33)12-16-6-4-15(11-27-16)20-28-29-21(34-20)19(24)25/h2-11,19H,12H2,1H3. The minimum absolute atomic E-state index is 0.0784. The molecule has 0 aliphatic heterocycles. The van der Waals surface area contributed by atoms with Crippen molar-refractivity contribution >= 4 is 10.9 Å². The average molecular weight is 462 g/mol. The lowest BCUT2D eigenvalue weighted by Crippen LogP contribution is -2.39. The fourth-order valence-electron chi connectivity index (χ4n) is 3.61. The van der Waals surface area contributed by atoms with Crippen molar-refractivity contribution in [3.8, 4) is 22.6 Å². The van der Waals surface area contributed by atoms with E-state index in [1.165, 1.54) is 10.8 Å². The molecule has 34 heavy (non-hydrogen) atoms. The van der Waals surface area contributed by atoms with Crippen LogP contribution in [0.1, 0.15) is 18.0 Å². The molecule has 0 aliphatic carbocycles. The van der Waals surface area contributed by atoms with Crippen LogP contribution in [0.25, 0.3) is 33.5 Å². The van der Waals surface area contributed by atoms with E-state index >= 15 is 0 Å². The lowest BCUT2D eigenvalue weighted by atomic mass is 10.1. The number of aryl methyl sites for hydroxylation is 1. The second kappa shape index (κ2) is 8.43. The largest absolute Gasteiger partial charge is 0.415 e. The molecule has 0 saturated carbocycles. The van der Waals surface area contributed by atoms with Gasteiger partial charge < -0.3 is 4.42 Å². The van der Waals surface area contributed by atoms with Crippen molar-refractivity contribution in [2.24, 2.45) is 7.05 Å². The third-order valence-electron chi connectivity index (χ3n) is 5.37. The van der Waals surface area contributed by atoms with Crippen LogP contribution in [0.5, 0.6) is 0 Å². The molecule has 0 amide bonds. The molecule has 0 atom stereocenters. The fourth-order valence-corrected chi connectivity index (χ4v) is 3.61.